The second-order valence-electron chi connectivity index (χ2n) is 8.48. The Morgan fingerprint density at radius 3 is 2.53 bits per heavy atom. The van der Waals surface area contributed by atoms with E-state index in [1.54, 1.807) is 4.90 Å². The fraction of sp³-hybridized carbons (Fsp3) is 0.762. The van der Waals surface area contributed by atoms with Gasteiger partial charge in [0.2, 0.25) is 5.91 Å². The maximum Gasteiger partial charge on any atom is 0.333 e. The molecule has 3 aliphatic heterocycles. The van der Waals surface area contributed by atoms with Gasteiger partial charge in [-0.15, -0.1) is 5.06 Å². The number of hydrogen-bond acceptors (Lipinski definition) is 7. The van der Waals surface area contributed by atoms with E-state index in [0.29, 0.717) is 29.7 Å². The van der Waals surface area contributed by atoms with Crippen molar-refractivity contribution in [3.63, 3.8) is 0 Å². The Morgan fingerprint density at radius 1 is 1.06 bits per heavy atom. The lowest BCUT2D eigenvalue weighted by atomic mass is 10.0. The molecule has 2 N–H and O–H groups in total. The lowest BCUT2D eigenvalue weighted by molar-refractivity contribution is -0.197. The Bertz CT molecular complexity index is 732. The minimum absolute atomic E-state index is 0.0124. The van der Waals surface area contributed by atoms with Gasteiger partial charge in [-0.25, -0.2) is 9.59 Å². The number of carbonyl (C=O) groups is 5. The highest BCUT2D eigenvalue weighted by molar-refractivity contribution is 8.00. The number of urea groups is 1. The van der Waals surface area contributed by atoms with E-state index < -0.39 is 17.8 Å². The minimum atomic E-state index is -0.590. The molecule has 0 aromatic carbocycles. The molecule has 11 heteroatoms. The van der Waals surface area contributed by atoms with Crippen molar-refractivity contribution in [3.8, 4) is 0 Å². The van der Waals surface area contributed by atoms with Gasteiger partial charge in [0.25, 0.3) is 11.8 Å². The molecule has 0 spiro atoms. The van der Waals surface area contributed by atoms with Crippen molar-refractivity contribution in [1.29, 1.82) is 0 Å². The van der Waals surface area contributed by atoms with Crippen LogP contribution in [0, 0.1) is 0 Å². The van der Waals surface area contributed by atoms with Crippen molar-refractivity contribution < 1.29 is 28.8 Å². The normalized spacial score (nSPS) is 24.7. The smallest absolute Gasteiger partial charge is 0.333 e. The van der Waals surface area contributed by atoms with Crippen LogP contribution in [-0.2, 0) is 24.0 Å². The summed E-state index contributed by atoms with van der Waals surface area (Å²) in [6.45, 7) is 0.553. The fourth-order valence-corrected chi connectivity index (χ4v) is 5.87. The molecule has 3 saturated heterocycles. The van der Waals surface area contributed by atoms with E-state index in [-0.39, 0.29) is 43.3 Å². The Hall–Kier alpha value is -2.30. The van der Waals surface area contributed by atoms with Crippen molar-refractivity contribution in [3.05, 3.63) is 0 Å². The van der Waals surface area contributed by atoms with Crippen LogP contribution in [0.25, 0.3) is 0 Å². The van der Waals surface area contributed by atoms with Crippen molar-refractivity contribution in [1.82, 2.24) is 20.6 Å². The summed E-state index contributed by atoms with van der Waals surface area (Å²) in [5.74, 6) is -0.545. The van der Waals surface area contributed by atoms with E-state index in [4.69, 9.17) is 4.84 Å². The topological polar surface area (TPSA) is 125 Å². The maximum atomic E-state index is 12.0. The van der Waals surface area contributed by atoms with Crippen molar-refractivity contribution in [2.45, 2.75) is 81.5 Å². The molecule has 0 aromatic heterocycles. The van der Waals surface area contributed by atoms with E-state index in [1.807, 2.05) is 18.8 Å². The summed E-state index contributed by atoms with van der Waals surface area (Å²) in [4.78, 5) is 64.8. The number of rotatable bonds is 12. The molecule has 0 radical (unpaired) electrons. The van der Waals surface area contributed by atoms with Gasteiger partial charge in [-0.2, -0.15) is 11.8 Å². The summed E-state index contributed by atoms with van der Waals surface area (Å²) < 4.78 is 0. The quantitative estimate of drug-likeness (QED) is 0.251. The lowest BCUT2D eigenvalue weighted by Gasteiger charge is -2.17. The van der Waals surface area contributed by atoms with Crippen LogP contribution < -0.4 is 10.6 Å². The summed E-state index contributed by atoms with van der Waals surface area (Å²) >= 11 is 1.91. The van der Waals surface area contributed by atoms with Gasteiger partial charge in [0.05, 0.1) is 12.1 Å². The zero-order valence-electron chi connectivity index (χ0n) is 18.5. The van der Waals surface area contributed by atoms with E-state index >= 15 is 0 Å². The predicted molar refractivity (Wildman–Crippen MR) is 117 cm³/mol. The highest BCUT2D eigenvalue weighted by Gasteiger charge is 2.46. The van der Waals surface area contributed by atoms with Crippen LogP contribution in [0.15, 0.2) is 0 Å². The van der Waals surface area contributed by atoms with Gasteiger partial charge < -0.3 is 20.4 Å². The molecule has 178 valence electrons. The monoisotopic (exact) mass is 468 g/mol. The van der Waals surface area contributed by atoms with Gasteiger partial charge in [-0.3, -0.25) is 14.4 Å². The number of hydrogen-bond donors (Lipinski definition) is 2. The van der Waals surface area contributed by atoms with E-state index in [1.165, 1.54) is 0 Å². The number of thioether (sulfide) groups is 1. The number of amides is 5. The molecule has 3 fully saturated rings. The molecule has 10 nitrogen and oxygen atoms in total. The van der Waals surface area contributed by atoms with Crippen LogP contribution in [-0.4, -0.2) is 76.4 Å². The first-order valence-electron chi connectivity index (χ1n) is 11.3. The first-order chi connectivity index (χ1) is 15.4. The fourth-order valence-electron chi connectivity index (χ4n) is 4.20. The molecular weight excluding hydrogens is 436 g/mol. The molecule has 3 heterocycles. The van der Waals surface area contributed by atoms with Crippen molar-refractivity contribution in [2.75, 3.05) is 19.3 Å². The van der Waals surface area contributed by atoms with Gasteiger partial charge in [0.15, 0.2) is 0 Å². The molecule has 0 aliphatic carbocycles. The summed E-state index contributed by atoms with van der Waals surface area (Å²) in [6.07, 6.45) is 5.61. The number of carbonyl (C=O) groups excluding carboxylic acids is 5. The third kappa shape index (κ3) is 6.36. The molecule has 3 aliphatic rings. The molecule has 0 aromatic rings. The highest BCUT2D eigenvalue weighted by Crippen LogP contribution is 2.36. The Balaban J connectivity index is 1.16. The third-order valence-electron chi connectivity index (χ3n) is 6.13. The number of nitrogens with zero attached hydrogens (tertiary/aromatic N) is 2. The number of fused-ring (bicyclic) bond motifs is 1. The van der Waals surface area contributed by atoms with E-state index in [0.717, 1.165) is 37.9 Å². The zero-order valence-corrected chi connectivity index (χ0v) is 19.3. The maximum absolute atomic E-state index is 12.0. The molecule has 32 heavy (non-hydrogen) atoms. The zero-order chi connectivity index (χ0) is 23.1. The Kier molecular flexibility index (Phi) is 8.77. The van der Waals surface area contributed by atoms with Gasteiger partial charge in [0.1, 0.15) is 0 Å². The van der Waals surface area contributed by atoms with Crippen LogP contribution >= 0.6 is 11.8 Å². The molecule has 3 atom stereocenters. The summed E-state index contributed by atoms with van der Waals surface area (Å²) in [5, 5.41) is 6.95. The Labute approximate surface area is 192 Å². The van der Waals surface area contributed by atoms with Gasteiger partial charge in [-0.1, -0.05) is 12.8 Å². The van der Waals surface area contributed by atoms with Gasteiger partial charge in [-0.05, 0) is 25.7 Å². The number of likely N-dealkylation sites (N-methyl/N-ethyl adjacent to an activating group) is 1. The molecule has 1 unspecified atom stereocenters. The van der Waals surface area contributed by atoms with Crippen molar-refractivity contribution >= 4 is 41.5 Å². The lowest BCUT2D eigenvalue weighted by Crippen LogP contribution is -2.37. The average molecular weight is 469 g/mol. The van der Waals surface area contributed by atoms with Gasteiger partial charge in [0, 0.05) is 50.3 Å². The van der Waals surface area contributed by atoms with Crippen LogP contribution in [0.3, 0.4) is 0 Å². The molecule has 0 saturated carbocycles. The molecular formula is C21H32N4O6S. The van der Waals surface area contributed by atoms with Crippen LogP contribution in [0.2, 0.25) is 0 Å². The summed E-state index contributed by atoms with van der Waals surface area (Å²) in [7, 11) is 1.85. The van der Waals surface area contributed by atoms with Crippen LogP contribution in [0.4, 0.5) is 4.79 Å². The molecule has 5 amide bonds. The first kappa shape index (κ1) is 24.3. The SMILES string of the molecule is CN1C(=O)N[C@@H]2C(CCCCC(=O)NCCCCCC(=O)ON3C(=O)CCC3=O)SC[C@@H]21. The third-order valence-corrected chi connectivity index (χ3v) is 7.62. The number of nitrogens with one attached hydrogen (secondary N) is 2. The van der Waals surface area contributed by atoms with Crippen LogP contribution in [0.5, 0.6) is 0 Å². The largest absolute Gasteiger partial charge is 0.356 e. The van der Waals surface area contributed by atoms with E-state index in [9.17, 15) is 24.0 Å². The predicted octanol–water partition coefficient (Wildman–Crippen LogP) is 1.34. The number of hydroxylamine groups is 2. The van der Waals surface area contributed by atoms with Crippen LogP contribution in [0.1, 0.15) is 64.2 Å². The number of unbranched alkanes of at least 4 members (excludes halogenated alkanes) is 3. The molecule has 3 rings (SSSR count). The minimum Gasteiger partial charge on any atom is -0.356 e. The van der Waals surface area contributed by atoms with E-state index in [2.05, 4.69) is 10.6 Å². The standard InChI is InChI=1S/C21H32N4O6S/c1-24-14-13-32-15(20(14)23-21(24)30)7-4-5-8-16(26)22-12-6-2-3-9-19(29)31-25-17(27)10-11-18(25)28/h14-15,20H,2-13H2,1H3,(H,22,26)(H,23,30)/t14-,15?,20-/m0/s1. The Morgan fingerprint density at radius 2 is 1.78 bits per heavy atom. The van der Waals surface area contributed by atoms with Crippen molar-refractivity contribution in [2.24, 2.45) is 0 Å². The highest BCUT2D eigenvalue weighted by atomic mass is 32.2. The summed E-state index contributed by atoms with van der Waals surface area (Å²) in [5.41, 5.74) is 0. The second kappa shape index (κ2) is 11.5. The second-order valence-corrected chi connectivity index (χ2v) is 9.75. The first-order valence-corrected chi connectivity index (χ1v) is 12.4. The molecule has 0 bridgehead atoms. The average Bonchev–Trinajstić information content (AvgIpc) is 3.39. The van der Waals surface area contributed by atoms with Gasteiger partial charge >= 0.3 is 12.0 Å². The number of imide groups is 1. The summed E-state index contributed by atoms with van der Waals surface area (Å²) in [6, 6.07) is 0.520.